The number of aliphatic hydroxyl groups excluding tert-OH is 1. The fraction of sp³-hybridized carbons (Fsp3) is 0.0800. The van der Waals surface area contributed by atoms with Gasteiger partial charge >= 0.3 is 5.97 Å². The van der Waals surface area contributed by atoms with Crippen LogP contribution < -0.4 is 9.64 Å². The average Bonchev–Trinajstić information content (AvgIpc) is 3.08. The zero-order valence-electron chi connectivity index (χ0n) is 17.4. The van der Waals surface area contributed by atoms with Crippen molar-refractivity contribution in [3.8, 4) is 5.75 Å². The molecule has 1 unspecified atom stereocenters. The van der Waals surface area contributed by atoms with Crippen molar-refractivity contribution in [3.05, 3.63) is 100 Å². The van der Waals surface area contributed by atoms with Gasteiger partial charge in [-0.2, -0.15) is 0 Å². The lowest BCUT2D eigenvalue weighted by atomic mass is 9.95. The van der Waals surface area contributed by atoms with Crippen LogP contribution in [-0.2, 0) is 14.4 Å². The van der Waals surface area contributed by atoms with Gasteiger partial charge in [-0.1, -0.05) is 23.7 Å². The highest BCUT2D eigenvalue weighted by Gasteiger charge is 2.47. The fourth-order valence-corrected chi connectivity index (χ4v) is 3.83. The predicted octanol–water partition coefficient (Wildman–Crippen LogP) is 4.57. The number of benzene rings is 3. The molecule has 1 atom stereocenters. The second kappa shape index (κ2) is 9.36. The molecule has 0 radical (unpaired) electrons. The number of hydrogen-bond donors (Lipinski definition) is 2. The first-order valence-electron chi connectivity index (χ1n) is 10.0. The molecule has 1 heterocycles. The summed E-state index contributed by atoms with van der Waals surface area (Å²) in [6.45, 7) is -0.547. The van der Waals surface area contributed by atoms with Crippen molar-refractivity contribution in [1.82, 2.24) is 0 Å². The average molecular weight is 482 g/mol. The van der Waals surface area contributed by atoms with E-state index in [1.165, 1.54) is 66.7 Å². The van der Waals surface area contributed by atoms with E-state index in [0.29, 0.717) is 5.02 Å². The zero-order valence-corrected chi connectivity index (χ0v) is 18.2. The van der Waals surface area contributed by atoms with Crippen LogP contribution in [0.1, 0.15) is 17.2 Å². The number of halogens is 2. The maximum absolute atomic E-state index is 14.1. The van der Waals surface area contributed by atoms with Crippen molar-refractivity contribution in [2.24, 2.45) is 0 Å². The number of nitrogens with zero attached hydrogens (tertiary/aromatic N) is 1. The molecule has 0 aliphatic carbocycles. The summed E-state index contributed by atoms with van der Waals surface area (Å²) in [7, 11) is 0. The highest BCUT2D eigenvalue weighted by Crippen LogP contribution is 2.42. The number of ether oxygens (including phenoxy) is 1. The Morgan fingerprint density at radius 2 is 1.68 bits per heavy atom. The van der Waals surface area contributed by atoms with Crippen molar-refractivity contribution in [1.29, 1.82) is 0 Å². The smallest absolute Gasteiger partial charge is 0.341 e. The van der Waals surface area contributed by atoms with Crippen LogP contribution in [0, 0.1) is 5.82 Å². The molecule has 3 aromatic rings. The van der Waals surface area contributed by atoms with E-state index in [1.54, 1.807) is 6.07 Å². The molecular formula is C25H17ClFNO6. The van der Waals surface area contributed by atoms with E-state index in [4.69, 9.17) is 21.4 Å². The van der Waals surface area contributed by atoms with Crippen molar-refractivity contribution < 1.29 is 33.7 Å². The number of aliphatic hydroxyl groups is 1. The first-order chi connectivity index (χ1) is 16.3. The Kier molecular flexibility index (Phi) is 6.34. The van der Waals surface area contributed by atoms with Crippen molar-refractivity contribution in [2.75, 3.05) is 11.5 Å². The number of carbonyl (C=O) groups excluding carboxylic acids is 2. The van der Waals surface area contributed by atoms with Gasteiger partial charge in [-0.05, 0) is 66.2 Å². The lowest BCUT2D eigenvalue weighted by Crippen LogP contribution is -2.29. The fourth-order valence-electron chi connectivity index (χ4n) is 3.70. The molecule has 0 spiro atoms. The largest absolute Gasteiger partial charge is 0.507 e. The number of amides is 1. The maximum atomic E-state index is 14.1. The first-order valence-corrected chi connectivity index (χ1v) is 10.4. The van der Waals surface area contributed by atoms with Gasteiger partial charge in [-0.3, -0.25) is 14.5 Å². The van der Waals surface area contributed by atoms with Crippen LogP contribution in [0.2, 0.25) is 5.02 Å². The minimum Gasteiger partial charge on any atom is -0.507 e. The van der Waals surface area contributed by atoms with Crippen molar-refractivity contribution in [3.63, 3.8) is 0 Å². The number of carbonyl (C=O) groups is 3. The van der Waals surface area contributed by atoms with Gasteiger partial charge in [0.25, 0.3) is 11.7 Å². The summed E-state index contributed by atoms with van der Waals surface area (Å²) in [4.78, 5) is 38.0. The lowest BCUT2D eigenvalue weighted by molar-refractivity contribution is -0.139. The first kappa shape index (κ1) is 23.0. The molecule has 1 aliphatic heterocycles. The number of carboxylic acids is 1. The third-order valence-corrected chi connectivity index (χ3v) is 5.46. The number of aliphatic carboxylic acids is 1. The Bertz CT molecular complexity index is 1300. The maximum Gasteiger partial charge on any atom is 0.341 e. The minimum absolute atomic E-state index is 0.205. The molecular weight excluding hydrogens is 465 g/mol. The Balaban J connectivity index is 1.83. The monoisotopic (exact) mass is 481 g/mol. The second-order valence-corrected chi connectivity index (χ2v) is 7.84. The van der Waals surface area contributed by atoms with Gasteiger partial charge in [0.15, 0.2) is 6.61 Å². The van der Waals surface area contributed by atoms with E-state index in [-0.39, 0.29) is 28.1 Å². The SMILES string of the molecule is O=C(O)COc1ccc(N2C(=O)C(=O)C(=C(O)c3ccc(Cl)cc3)C2c2cccc(F)c2)cc1. The van der Waals surface area contributed by atoms with E-state index in [2.05, 4.69) is 0 Å². The van der Waals surface area contributed by atoms with Crippen LogP contribution in [0.25, 0.3) is 5.76 Å². The predicted molar refractivity (Wildman–Crippen MR) is 122 cm³/mol. The van der Waals surface area contributed by atoms with Crippen LogP contribution in [0.3, 0.4) is 0 Å². The number of ketones is 1. The minimum atomic E-state index is -1.15. The number of Topliss-reactive ketones (excluding diaryl/α,β-unsaturated/α-hetero) is 1. The lowest BCUT2D eigenvalue weighted by Gasteiger charge is -2.25. The van der Waals surface area contributed by atoms with Gasteiger partial charge in [0.1, 0.15) is 17.3 Å². The standard InChI is InChI=1S/C25H17ClFNO6/c26-16-6-4-14(5-7-16)23(31)21-22(15-2-1-3-17(27)12-15)28(25(33)24(21)32)18-8-10-19(11-9-18)34-13-20(29)30/h1-12,22,31H,13H2,(H,29,30). The Hall–Kier alpha value is -4.17. The topological polar surface area (TPSA) is 104 Å². The molecule has 3 aromatic carbocycles. The molecule has 9 heteroatoms. The molecule has 1 aliphatic rings. The summed E-state index contributed by atoms with van der Waals surface area (Å²) in [5, 5.41) is 20.2. The summed E-state index contributed by atoms with van der Waals surface area (Å²) in [5.41, 5.74) is 0.612. The number of hydrogen-bond acceptors (Lipinski definition) is 5. The van der Waals surface area contributed by atoms with Gasteiger partial charge in [0.2, 0.25) is 0 Å². The van der Waals surface area contributed by atoms with Crippen LogP contribution >= 0.6 is 11.6 Å². The summed E-state index contributed by atoms with van der Waals surface area (Å²) in [5.74, 6) is -3.76. The van der Waals surface area contributed by atoms with Crippen molar-refractivity contribution in [2.45, 2.75) is 6.04 Å². The molecule has 0 bridgehead atoms. The summed E-state index contributed by atoms with van der Waals surface area (Å²) in [6, 6.07) is 16.2. The normalized spacial score (nSPS) is 17.1. The summed E-state index contributed by atoms with van der Waals surface area (Å²) >= 11 is 5.91. The van der Waals surface area contributed by atoms with E-state index in [9.17, 15) is 23.9 Å². The molecule has 4 rings (SSSR count). The molecule has 7 nitrogen and oxygen atoms in total. The van der Waals surface area contributed by atoms with Crippen LogP contribution in [0.15, 0.2) is 78.4 Å². The van der Waals surface area contributed by atoms with E-state index < -0.39 is 41.9 Å². The number of carboxylic acid groups (broad SMARTS) is 1. The summed E-state index contributed by atoms with van der Waals surface area (Å²) in [6.07, 6.45) is 0. The molecule has 1 saturated heterocycles. The van der Waals surface area contributed by atoms with Crippen molar-refractivity contribution >= 4 is 40.7 Å². The van der Waals surface area contributed by atoms with Crippen LogP contribution in [0.4, 0.5) is 10.1 Å². The molecule has 1 amide bonds. The van der Waals surface area contributed by atoms with E-state index >= 15 is 0 Å². The van der Waals surface area contributed by atoms with Gasteiger partial charge in [-0.15, -0.1) is 0 Å². The molecule has 172 valence electrons. The second-order valence-electron chi connectivity index (χ2n) is 7.41. The zero-order chi connectivity index (χ0) is 24.4. The molecule has 34 heavy (non-hydrogen) atoms. The highest BCUT2D eigenvalue weighted by molar-refractivity contribution is 6.51. The Morgan fingerprint density at radius 1 is 1.00 bits per heavy atom. The third kappa shape index (κ3) is 4.49. The number of rotatable bonds is 6. The van der Waals surface area contributed by atoms with E-state index in [1.807, 2.05) is 0 Å². The van der Waals surface area contributed by atoms with Gasteiger partial charge in [-0.25, -0.2) is 9.18 Å². The van der Waals surface area contributed by atoms with Crippen LogP contribution in [-0.4, -0.2) is 34.5 Å². The molecule has 0 aromatic heterocycles. The Morgan fingerprint density at radius 3 is 2.29 bits per heavy atom. The summed E-state index contributed by atoms with van der Waals surface area (Å²) < 4.78 is 19.2. The van der Waals surface area contributed by atoms with E-state index in [0.717, 1.165) is 4.90 Å². The third-order valence-electron chi connectivity index (χ3n) is 5.20. The molecule has 2 N–H and O–H groups in total. The molecule has 1 fully saturated rings. The molecule has 0 saturated carbocycles. The quantitative estimate of drug-likeness (QED) is 0.303. The Labute approximate surface area is 198 Å². The van der Waals surface area contributed by atoms with Gasteiger partial charge < -0.3 is 14.9 Å². The van der Waals surface area contributed by atoms with Gasteiger partial charge in [0, 0.05) is 16.3 Å². The van der Waals surface area contributed by atoms with Gasteiger partial charge in [0.05, 0.1) is 11.6 Å². The highest BCUT2D eigenvalue weighted by atomic mass is 35.5. The van der Waals surface area contributed by atoms with Crippen LogP contribution in [0.5, 0.6) is 5.75 Å². The number of anilines is 1.